The molecule has 150 valence electrons. The molecule has 3 aromatic heterocycles. The highest BCUT2D eigenvalue weighted by molar-refractivity contribution is 6.11. The van der Waals surface area contributed by atoms with E-state index in [9.17, 15) is 4.79 Å². The van der Waals surface area contributed by atoms with Crippen LogP contribution in [-0.4, -0.2) is 26.1 Å². The Morgan fingerprint density at radius 2 is 1.68 bits per heavy atom. The van der Waals surface area contributed by atoms with Crippen LogP contribution < -0.4 is 5.32 Å². The predicted molar refractivity (Wildman–Crippen MR) is 122 cm³/mol. The van der Waals surface area contributed by atoms with E-state index in [1.165, 1.54) is 5.56 Å². The summed E-state index contributed by atoms with van der Waals surface area (Å²) in [5.41, 5.74) is 6.85. The van der Waals surface area contributed by atoms with Crippen LogP contribution in [0, 0.1) is 6.92 Å². The maximum absolute atomic E-state index is 13.0. The highest BCUT2D eigenvalue weighted by Crippen LogP contribution is 2.26. The molecular formula is C25H19N5O. The maximum atomic E-state index is 13.0. The molecule has 6 heteroatoms. The van der Waals surface area contributed by atoms with Crippen LogP contribution >= 0.6 is 0 Å². The number of aromatic amines is 1. The van der Waals surface area contributed by atoms with Crippen LogP contribution in [0.2, 0.25) is 0 Å². The maximum Gasteiger partial charge on any atom is 0.276 e. The number of rotatable bonds is 4. The van der Waals surface area contributed by atoms with E-state index in [0.717, 1.165) is 33.2 Å². The second-order valence-electron chi connectivity index (χ2n) is 7.36. The van der Waals surface area contributed by atoms with E-state index >= 15 is 0 Å². The molecule has 3 heterocycles. The van der Waals surface area contributed by atoms with Gasteiger partial charge in [0.15, 0.2) is 5.69 Å². The molecule has 0 aliphatic heterocycles. The number of carbonyl (C=O) groups excluding carboxylic acids is 1. The first kappa shape index (κ1) is 18.7. The summed E-state index contributed by atoms with van der Waals surface area (Å²) in [4.78, 5) is 21.5. The molecule has 5 rings (SSSR count). The molecule has 2 aromatic carbocycles. The number of nitrogens with one attached hydrogen (secondary N) is 2. The minimum atomic E-state index is -0.294. The van der Waals surface area contributed by atoms with E-state index in [-0.39, 0.29) is 5.91 Å². The number of H-pyrrole nitrogens is 1. The first-order chi connectivity index (χ1) is 15.2. The van der Waals surface area contributed by atoms with Gasteiger partial charge in [0.2, 0.25) is 0 Å². The van der Waals surface area contributed by atoms with E-state index in [1.54, 1.807) is 24.8 Å². The van der Waals surface area contributed by atoms with Gasteiger partial charge < -0.3 is 5.32 Å². The van der Waals surface area contributed by atoms with Gasteiger partial charge in [-0.15, -0.1) is 0 Å². The molecule has 0 unspecified atom stereocenters. The van der Waals surface area contributed by atoms with Gasteiger partial charge in [0, 0.05) is 35.1 Å². The van der Waals surface area contributed by atoms with E-state index in [4.69, 9.17) is 0 Å². The van der Waals surface area contributed by atoms with Crippen LogP contribution in [-0.2, 0) is 0 Å². The molecule has 0 saturated carbocycles. The molecule has 2 N–H and O–H groups in total. The summed E-state index contributed by atoms with van der Waals surface area (Å²) in [5, 5.41) is 10.9. The second kappa shape index (κ2) is 7.84. The normalized spacial score (nSPS) is 10.9. The molecule has 0 aliphatic carbocycles. The Hall–Kier alpha value is -4.32. The first-order valence-corrected chi connectivity index (χ1v) is 9.89. The van der Waals surface area contributed by atoms with Crippen LogP contribution in [0.15, 0.2) is 85.5 Å². The summed E-state index contributed by atoms with van der Waals surface area (Å²) in [6.07, 6.45) is 6.95. The number of hydrogen-bond acceptors (Lipinski definition) is 4. The van der Waals surface area contributed by atoms with Crippen molar-refractivity contribution in [3.05, 3.63) is 96.7 Å². The fraction of sp³-hybridized carbons (Fsp3) is 0.0400. The molecule has 0 fully saturated rings. The van der Waals surface area contributed by atoms with E-state index < -0.39 is 0 Å². The van der Waals surface area contributed by atoms with Crippen molar-refractivity contribution >= 4 is 22.5 Å². The number of nitrogens with zero attached hydrogens (tertiary/aromatic N) is 3. The molecule has 0 bridgehead atoms. The monoisotopic (exact) mass is 405 g/mol. The minimum Gasteiger partial charge on any atom is -0.319 e. The number of carbonyl (C=O) groups is 1. The molecule has 5 aromatic rings. The van der Waals surface area contributed by atoms with Crippen molar-refractivity contribution in [1.82, 2.24) is 20.2 Å². The third-order valence-electron chi connectivity index (χ3n) is 5.12. The molecule has 0 radical (unpaired) electrons. The van der Waals surface area contributed by atoms with Crippen molar-refractivity contribution in [2.24, 2.45) is 0 Å². The zero-order valence-electron chi connectivity index (χ0n) is 16.8. The number of hydrogen-bond donors (Lipinski definition) is 2. The number of fused-ring (bicyclic) bond motifs is 1. The van der Waals surface area contributed by atoms with Crippen molar-refractivity contribution in [3.8, 4) is 22.3 Å². The minimum absolute atomic E-state index is 0.294. The van der Waals surface area contributed by atoms with E-state index in [0.29, 0.717) is 11.4 Å². The van der Waals surface area contributed by atoms with Crippen molar-refractivity contribution in [1.29, 1.82) is 0 Å². The Balaban J connectivity index is 1.45. The van der Waals surface area contributed by atoms with Gasteiger partial charge in [-0.05, 0) is 42.3 Å². The Morgan fingerprint density at radius 1 is 0.839 bits per heavy atom. The zero-order chi connectivity index (χ0) is 21.2. The van der Waals surface area contributed by atoms with Crippen molar-refractivity contribution < 1.29 is 4.79 Å². The van der Waals surface area contributed by atoms with Crippen LogP contribution in [0.5, 0.6) is 0 Å². The number of pyridine rings is 2. The lowest BCUT2D eigenvalue weighted by molar-refractivity contribution is 0.102. The lowest BCUT2D eigenvalue weighted by atomic mass is 10.0. The van der Waals surface area contributed by atoms with Gasteiger partial charge in [0.05, 0.1) is 17.4 Å². The zero-order valence-corrected chi connectivity index (χ0v) is 16.8. The van der Waals surface area contributed by atoms with Crippen LogP contribution in [0.25, 0.3) is 33.2 Å². The Kier molecular flexibility index (Phi) is 4.72. The molecular weight excluding hydrogens is 386 g/mol. The van der Waals surface area contributed by atoms with Gasteiger partial charge >= 0.3 is 0 Å². The van der Waals surface area contributed by atoms with Crippen molar-refractivity contribution in [2.45, 2.75) is 6.92 Å². The average Bonchev–Trinajstić information content (AvgIpc) is 3.23. The summed E-state index contributed by atoms with van der Waals surface area (Å²) in [7, 11) is 0. The van der Waals surface area contributed by atoms with Crippen LogP contribution in [0.3, 0.4) is 0 Å². The molecule has 6 nitrogen and oxygen atoms in total. The van der Waals surface area contributed by atoms with Crippen LogP contribution in [0.1, 0.15) is 16.1 Å². The molecule has 0 saturated heterocycles. The number of amides is 1. The third kappa shape index (κ3) is 3.79. The predicted octanol–water partition coefficient (Wildman–Crippen LogP) is 5.25. The summed E-state index contributed by atoms with van der Waals surface area (Å²) in [6.45, 7) is 2.05. The lowest BCUT2D eigenvalue weighted by Gasteiger charge is -2.07. The lowest BCUT2D eigenvalue weighted by Crippen LogP contribution is -2.13. The van der Waals surface area contributed by atoms with Gasteiger partial charge in [-0.1, -0.05) is 42.0 Å². The number of aromatic nitrogens is 4. The fourth-order valence-electron chi connectivity index (χ4n) is 3.58. The van der Waals surface area contributed by atoms with Gasteiger partial charge in [-0.25, -0.2) is 0 Å². The van der Waals surface area contributed by atoms with Gasteiger partial charge in [-0.2, -0.15) is 5.10 Å². The SMILES string of the molecule is Cc1cccc(-c2cncc(NC(=O)c3n[nH]c4ccc(-c5cccnc5)cc34)c2)c1. The molecule has 0 aliphatic rings. The fourth-order valence-corrected chi connectivity index (χ4v) is 3.58. The van der Waals surface area contributed by atoms with Gasteiger partial charge in [0.25, 0.3) is 5.91 Å². The standard InChI is InChI=1S/C25H19N5O/c1-16-4-2-5-17(10-16)20-11-21(15-27-14-20)28-25(31)24-22-12-18(7-8-23(22)29-30-24)19-6-3-9-26-13-19/h2-15H,1H3,(H,28,31)(H,29,30). The molecule has 0 atom stereocenters. The van der Waals surface area contributed by atoms with Gasteiger partial charge in [-0.3, -0.25) is 19.9 Å². The topological polar surface area (TPSA) is 83.6 Å². The number of aryl methyl sites for hydroxylation is 1. The van der Waals surface area contributed by atoms with E-state index in [1.807, 2.05) is 61.5 Å². The number of anilines is 1. The second-order valence-corrected chi connectivity index (χ2v) is 7.36. The van der Waals surface area contributed by atoms with Gasteiger partial charge in [0.1, 0.15) is 0 Å². The Labute approximate surface area is 179 Å². The summed E-state index contributed by atoms with van der Waals surface area (Å²) >= 11 is 0. The Bertz CT molecular complexity index is 1390. The molecule has 1 amide bonds. The van der Waals surface area contributed by atoms with Crippen LogP contribution in [0.4, 0.5) is 5.69 Å². The summed E-state index contributed by atoms with van der Waals surface area (Å²) in [5.74, 6) is -0.294. The summed E-state index contributed by atoms with van der Waals surface area (Å²) < 4.78 is 0. The quantitative estimate of drug-likeness (QED) is 0.428. The molecule has 0 spiro atoms. The van der Waals surface area contributed by atoms with E-state index in [2.05, 4.69) is 31.5 Å². The first-order valence-electron chi connectivity index (χ1n) is 9.89. The molecule has 31 heavy (non-hydrogen) atoms. The third-order valence-corrected chi connectivity index (χ3v) is 5.12. The average molecular weight is 405 g/mol. The van der Waals surface area contributed by atoms with Crippen molar-refractivity contribution in [2.75, 3.05) is 5.32 Å². The Morgan fingerprint density at radius 3 is 2.52 bits per heavy atom. The smallest absolute Gasteiger partial charge is 0.276 e. The highest BCUT2D eigenvalue weighted by atomic mass is 16.1. The summed E-state index contributed by atoms with van der Waals surface area (Å²) in [6, 6.07) is 19.8. The van der Waals surface area contributed by atoms with Crippen molar-refractivity contribution in [3.63, 3.8) is 0 Å². The largest absolute Gasteiger partial charge is 0.319 e. The highest BCUT2D eigenvalue weighted by Gasteiger charge is 2.16. The number of benzene rings is 2.